The van der Waals surface area contributed by atoms with E-state index in [1.807, 2.05) is 59.2 Å². The molecule has 0 aliphatic carbocycles. The molecule has 3 unspecified atom stereocenters. The van der Waals surface area contributed by atoms with Gasteiger partial charge >= 0.3 is 0 Å². The maximum absolute atomic E-state index is 12.5. The van der Waals surface area contributed by atoms with E-state index in [1.165, 1.54) is 6.92 Å². The SMILES string of the molecule is CC(=O)Nc1ccc(-c2nnc(-c3ccc(N4CCN(C)CC4)cc3)o2)cc1Nc1nc(OCc2ccccc2)c2ncn(C3CC(O[Si](C)(C)C(C)(C)C)C(CO[Si](C)(C)C(C)(C)C)O3)c2n1. The molecule has 2 saturated heterocycles. The van der Waals surface area contributed by atoms with Gasteiger partial charge in [-0.2, -0.15) is 9.97 Å². The highest BCUT2D eigenvalue weighted by atomic mass is 28.4. The lowest BCUT2D eigenvalue weighted by Gasteiger charge is -2.40. The minimum atomic E-state index is -2.22. The van der Waals surface area contributed by atoms with Gasteiger partial charge in [0.25, 0.3) is 0 Å². The number of hydrogen-bond donors (Lipinski definition) is 2. The zero-order chi connectivity index (χ0) is 48.6. The molecule has 3 aromatic heterocycles. The Morgan fingerprint density at radius 2 is 1.49 bits per heavy atom. The summed E-state index contributed by atoms with van der Waals surface area (Å²) in [6.45, 7) is 28.7. The molecule has 3 aromatic carbocycles. The highest BCUT2D eigenvalue weighted by Crippen LogP contribution is 2.44. The van der Waals surface area contributed by atoms with Gasteiger partial charge in [0.05, 0.1) is 30.4 Å². The van der Waals surface area contributed by atoms with E-state index in [0.717, 1.165) is 43.0 Å². The lowest BCUT2D eigenvalue weighted by molar-refractivity contribution is -0.114. The van der Waals surface area contributed by atoms with Crippen LogP contribution < -0.4 is 20.3 Å². The third kappa shape index (κ3) is 11.0. The molecule has 0 saturated carbocycles. The standard InChI is InChI=1S/C50H68N10O6Si2/c1-33(61)52-38-23-20-36(46-57-56-45(65-46)35-18-21-37(22-19-35)59-26-24-58(8)25-27-59)28-39(38)53-48-54-44-43(47(55-48)62-30-34-16-14-13-15-17-34)51-32-60(44)42-29-40(66-68(11,12)50(5,6)7)41(64-42)31-63-67(9,10)49(2,3)4/h13-23,28,32,40-42H,24-27,29-31H2,1-12H3,(H,52,61)(H,53,54,55). The molecule has 2 aliphatic rings. The minimum absolute atomic E-state index is 0.00738. The van der Waals surface area contributed by atoms with Crippen LogP contribution in [0.25, 0.3) is 34.1 Å². The van der Waals surface area contributed by atoms with Crippen molar-refractivity contribution in [1.82, 2.24) is 34.6 Å². The number of nitrogens with zero attached hydrogens (tertiary/aromatic N) is 8. The number of benzene rings is 3. The van der Waals surface area contributed by atoms with Crippen LogP contribution in [0.3, 0.4) is 0 Å². The van der Waals surface area contributed by atoms with E-state index < -0.39 is 22.9 Å². The molecule has 1 amide bonds. The minimum Gasteiger partial charge on any atom is -0.471 e. The summed E-state index contributed by atoms with van der Waals surface area (Å²) < 4.78 is 35.5. The Bertz CT molecular complexity index is 2690. The average molecular weight is 961 g/mol. The predicted octanol–water partition coefficient (Wildman–Crippen LogP) is 10.3. The molecule has 0 radical (unpaired) electrons. The van der Waals surface area contributed by atoms with E-state index in [9.17, 15) is 4.79 Å². The van der Waals surface area contributed by atoms with Crippen LogP contribution >= 0.6 is 0 Å². The number of rotatable bonds is 15. The Hall–Kier alpha value is -5.51. The molecule has 2 N–H and O–H groups in total. The second kappa shape index (κ2) is 19.5. The molecule has 68 heavy (non-hydrogen) atoms. The fourth-order valence-corrected chi connectivity index (χ4v) is 10.1. The number of imidazole rings is 1. The Balaban J connectivity index is 1.12. The molecule has 16 nitrogen and oxygen atoms in total. The third-order valence-electron chi connectivity index (χ3n) is 14.0. The highest BCUT2D eigenvalue weighted by molar-refractivity contribution is 6.74. The summed E-state index contributed by atoms with van der Waals surface area (Å²) in [7, 11) is -2.18. The van der Waals surface area contributed by atoms with E-state index in [0.29, 0.717) is 52.9 Å². The molecule has 3 atom stereocenters. The number of anilines is 4. The first-order valence-corrected chi connectivity index (χ1v) is 29.4. The van der Waals surface area contributed by atoms with Gasteiger partial charge in [0.15, 0.2) is 27.8 Å². The molecular weight excluding hydrogens is 893 g/mol. The summed E-state index contributed by atoms with van der Waals surface area (Å²) in [5.41, 5.74) is 5.54. The zero-order valence-electron chi connectivity index (χ0n) is 41.7. The molecule has 6 aromatic rings. The number of ether oxygens (including phenoxy) is 2. The Kier molecular flexibility index (Phi) is 14.0. The molecule has 2 fully saturated rings. The lowest BCUT2D eigenvalue weighted by atomic mass is 10.1. The normalized spacial score (nSPS) is 18.6. The van der Waals surface area contributed by atoms with Gasteiger partial charge in [-0.15, -0.1) is 10.2 Å². The molecule has 18 heteroatoms. The quantitative estimate of drug-likeness (QED) is 0.0933. The highest BCUT2D eigenvalue weighted by Gasteiger charge is 2.47. The first kappa shape index (κ1) is 48.9. The van der Waals surface area contributed by atoms with Crippen molar-refractivity contribution in [2.75, 3.05) is 55.4 Å². The Morgan fingerprint density at radius 3 is 2.15 bits per heavy atom. The van der Waals surface area contributed by atoms with Gasteiger partial charge in [0, 0.05) is 56.3 Å². The summed E-state index contributed by atoms with van der Waals surface area (Å²) in [4.78, 5) is 32.1. The van der Waals surface area contributed by atoms with Crippen molar-refractivity contribution in [2.24, 2.45) is 0 Å². The van der Waals surface area contributed by atoms with Crippen LogP contribution in [-0.4, -0.2) is 109 Å². The van der Waals surface area contributed by atoms with Crippen molar-refractivity contribution in [3.05, 3.63) is 84.7 Å². The van der Waals surface area contributed by atoms with Crippen molar-refractivity contribution in [1.29, 1.82) is 0 Å². The summed E-state index contributed by atoms with van der Waals surface area (Å²) in [6.07, 6.45) is 1.30. The van der Waals surface area contributed by atoms with Gasteiger partial charge in [-0.1, -0.05) is 71.9 Å². The zero-order valence-corrected chi connectivity index (χ0v) is 43.7. The van der Waals surface area contributed by atoms with Crippen LogP contribution in [0.5, 0.6) is 5.88 Å². The molecule has 0 spiro atoms. The molecule has 0 bridgehead atoms. The van der Waals surface area contributed by atoms with Gasteiger partial charge in [-0.05, 0) is 91.3 Å². The van der Waals surface area contributed by atoms with Crippen LogP contribution in [-0.2, 0) is 25.0 Å². The molecule has 5 heterocycles. The number of fused-ring (bicyclic) bond motifs is 1. The van der Waals surface area contributed by atoms with E-state index in [1.54, 1.807) is 12.4 Å². The molecule has 362 valence electrons. The van der Waals surface area contributed by atoms with Crippen molar-refractivity contribution >= 4 is 56.7 Å². The monoisotopic (exact) mass is 960 g/mol. The topological polar surface area (TPSA) is 167 Å². The maximum Gasteiger partial charge on any atom is 0.248 e. The van der Waals surface area contributed by atoms with Crippen LogP contribution in [0, 0.1) is 0 Å². The Morgan fingerprint density at radius 1 is 0.824 bits per heavy atom. The van der Waals surface area contributed by atoms with E-state index in [-0.39, 0.29) is 46.6 Å². The summed E-state index contributed by atoms with van der Waals surface area (Å²) in [5.74, 6) is 0.946. The number of aromatic nitrogens is 6. The number of hydrogen-bond acceptors (Lipinski definition) is 14. The fraction of sp³-hybridized carbons (Fsp3) is 0.480. The van der Waals surface area contributed by atoms with E-state index in [4.69, 9.17) is 37.7 Å². The number of carbonyl (C=O) groups is 1. The average Bonchev–Trinajstić information content (AvgIpc) is 4.05. The van der Waals surface area contributed by atoms with Crippen LogP contribution in [0.4, 0.5) is 23.0 Å². The van der Waals surface area contributed by atoms with Gasteiger partial charge in [-0.25, -0.2) is 4.98 Å². The van der Waals surface area contributed by atoms with Crippen molar-refractivity contribution in [3.8, 4) is 28.8 Å². The predicted molar refractivity (Wildman–Crippen MR) is 272 cm³/mol. The summed E-state index contributed by atoms with van der Waals surface area (Å²) in [5, 5.41) is 15.2. The van der Waals surface area contributed by atoms with Crippen LogP contribution in [0.15, 0.2) is 83.5 Å². The second-order valence-corrected chi connectivity index (χ2v) is 30.7. The van der Waals surface area contributed by atoms with Gasteiger partial charge < -0.3 is 43.2 Å². The van der Waals surface area contributed by atoms with E-state index in [2.05, 4.69) is 118 Å². The van der Waals surface area contributed by atoms with Gasteiger partial charge in [0.1, 0.15) is 18.9 Å². The van der Waals surface area contributed by atoms with Crippen LogP contribution in [0.1, 0.15) is 66.7 Å². The maximum atomic E-state index is 12.5. The number of nitrogens with one attached hydrogen (secondary N) is 2. The number of likely N-dealkylation sites (N-methyl/N-ethyl adjacent to an activating group) is 1. The number of amides is 1. The molecule has 8 rings (SSSR count). The Labute approximate surface area is 402 Å². The van der Waals surface area contributed by atoms with Crippen LogP contribution in [0.2, 0.25) is 36.3 Å². The third-order valence-corrected chi connectivity index (χ3v) is 23.0. The lowest BCUT2D eigenvalue weighted by Crippen LogP contribution is -2.48. The van der Waals surface area contributed by atoms with E-state index >= 15 is 0 Å². The summed E-state index contributed by atoms with van der Waals surface area (Å²) in [6, 6.07) is 23.5. The van der Waals surface area contributed by atoms with Crippen molar-refractivity contribution < 1.29 is 27.5 Å². The smallest absolute Gasteiger partial charge is 0.248 e. The number of piperazine rings is 1. The first-order chi connectivity index (χ1) is 32.1. The fourth-order valence-electron chi connectivity index (χ4n) is 7.73. The molecular formula is C50H68N10O6Si2. The number of carbonyl (C=O) groups excluding carboxylic acids is 1. The van der Waals surface area contributed by atoms with Crippen molar-refractivity contribution in [2.45, 2.75) is 116 Å². The largest absolute Gasteiger partial charge is 0.471 e. The molecule has 2 aliphatic heterocycles. The van der Waals surface area contributed by atoms with Crippen molar-refractivity contribution in [3.63, 3.8) is 0 Å². The van der Waals surface area contributed by atoms with Gasteiger partial charge in [-0.3, -0.25) is 9.36 Å². The van der Waals surface area contributed by atoms with Gasteiger partial charge in [0.2, 0.25) is 29.5 Å². The first-order valence-electron chi connectivity index (χ1n) is 23.6. The summed E-state index contributed by atoms with van der Waals surface area (Å²) >= 11 is 0. The second-order valence-electron chi connectivity index (χ2n) is 21.1.